The predicted molar refractivity (Wildman–Crippen MR) is 119 cm³/mol. The summed E-state index contributed by atoms with van der Waals surface area (Å²) in [6, 6.07) is 5.96. The zero-order chi connectivity index (χ0) is 25.9. The number of aromatic nitrogens is 1. The van der Waals surface area contributed by atoms with Crippen LogP contribution >= 0.6 is 0 Å². The van der Waals surface area contributed by atoms with Gasteiger partial charge in [-0.05, 0) is 13.0 Å². The first-order valence-electron chi connectivity index (χ1n) is 9.81. The van der Waals surface area contributed by atoms with E-state index in [2.05, 4.69) is 16.0 Å². The third-order valence-corrected chi connectivity index (χ3v) is 4.36. The van der Waals surface area contributed by atoms with Gasteiger partial charge in [-0.25, -0.2) is 13.8 Å². The van der Waals surface area contributed by atoms with Crippen LogP contribution in [0, 0.1) is 17.0 Å². The lowest BCUT2D eigenvalue weighted by Gasteiger charge is -2.48. The molecule has 13 heteroatoms. The summed E-state index contributed by atoms with van der Waals surface area (Å²) in [4.78, 5) is 14.6. The molecule has 0 unspecified atom stereocenters. The quantitative estimate of drug-likeness (QED) is 0.139. The van der Waals surface area contributed by atoms with Crippen LogP contribution in [0.3, 0.4) is 0 Å². The molecule has 0 aliphatic carbocycles. The van der Waals surface area contributed by atoms with Gasteiger partial charge in [0.1, 0.15) is 11.4 Å². The van der Waals surface area contributed by atoms with Crippen molar-refractivity contribution in [3.8, 4) is 11.1 Å². The monoisotopic (exact) mass is 485 g/mol. The number of carbonyl (C=O) groups excluding carboxylic acids is 1. The largest absolute Gasteiger partial charge is 0.405 e. The molecule has 0 bridgehead atoms. The van der Waals surface area contributed by atoms with Gasteiger partial charge in [0.25, 0.3) is 0 Å². The summed E-state index contributed by atoms with van der Waals surface area (Å²) in [7, 11) is 3.02. The number of ether oxygens (including phenoxy) is 2. The third-order valence-electron chi connectivity index (χ3n) is 4.36. The van der Waals surface area contributed by atoms with Crippen molar-refractivity contribution < 1.29 is 38.4 Å². The summed E-state index contributed by atoms with van der Waals surface area (Å²) in [5.74, 6) is -1.13. The number of nitrogens with zero attached hydrogens (tertiary/aromatic N) is 2. The van der Waals surface area contributed by atoms with E-state index in [0.29, 0.717) is 12.0 Å². The molecular formula is C21H29F2N5O6. The molecule has 1 aromatic carbocycles. The van der Waals surface area contributed by atoms with E-state index in [4.69, 9.17) is 35.0 Å². The highest BCUT2D eigenvalue weighted by molar-refractivity contribution is 5.66. The zero-order valence-electron chi connectivity index (χ0n) is 19.0. The standard InChI is InChI=1S/C18H20F2N2O5.C2H5NO.CH4N2/c1-17(27-18(23,24)25)9-22(10-17)16-14(19)6-12(7-21-16)13-5-3-4-11(8-26-2)15(13)20;1-3-2-4;2-1-3/h3-7,23-25H,8-10H2,1-2H3;2H,1H3,(H,3,4);1H,(H3,2,3). The van der Waals surface area contributed by atoms with Gasteiger partial charge in [-0.15, -0.1) is 0 Å². The SMILES string of the molecule is CNC=O.COCc1cccc(-c2cnc(N3CC(C)(OC(O)(O)O)C3)c(F)c2)c1F.N=CN. The summed E-state index contributed by atoms with van der Waals surface area (Å²) in [5.41, 5.74) is 4.16. The molecule has 34 heavy (non-hydrogen) atoms. The Balaban J connectivity index is 0.000000732. The number of rotatable bonds is 7. The first-order chi connectivity index (χ1) is 15.9. The van der Waals surface area contributed by atoms with Gasteiger partial charge >= 0.3 is 6.16 Å². The molecule has 0 saturated carbocycles. The molecule has 11 nitrogen and oxygen atoms in total. The van der Waals surface area contributed by atoms with Crippen molar-refractivity contribution in [2.45, 2.75) is 25.3 Å². The molecule has 0 spiro atoms. The Bertz CT molecular complexity index is 952. The normalized spacial score (nSPS) is 13.9. The molecule has 1 saturated heterocycles. The van der Waals surface area contributed by atoms with Crippen LogP contribution in [0.15, 0.2) is 30.5 Å². The van der Waals surface area contributed by atoms with Crippen LogP contribution < -0.4 is 16.0 Å². The highest BCUT2D eigenvalue weighted by Crippen LogP contribution is 2.34. The van der Waals surface area contributed by atoms with Crippen molar-refractivity contribution >= 4 is 18.6 Å². The number of amides is 1. The highest BCUT2D eigenvalue weighted by atomic mass is 19.1. The van der Waals surface area contributed by atoms with Gasteiger partial charge in [-0.3, -0.25) is 14.9 Å². The molecule has 3 rings (SSSR count). The molecule has 1 fully saturated rings. The van der Waals surface area contributed by atoms with Gasteiger partial charge in [-0.2, -0.15) is 0 Å². The lowest BCUT2D eigenvalue weighted by molar-refractivity contribution is -0.480. The van der Waals surface area contributed by atoms with Crippen molar-refractivity contribution in [2.24, 2.45) is 5.73 Å². The number of nitrogens with one attached hydrogen (secondary N) is 2. The number of hydrogen-bond acceptors (Lipinski definition) is 9. The maximum atomic E-state index is 14.5. The van der Waals surface area contributed by atoms with E-state index in [-0.39, 0.29) is 36.6 Å². The van der Waals surface area contributed by atoms with Crippen LogP contribution in [0.1, 0.15) is 12.5 Å². The van der Waals surface area contributed by atoms with Crippen molar-refractivity contribution in [3.63, 3.8) is 0 Å². The number of aliphatic hydroxyl groups is 3. The fraction of sp³-hybridized carbons (Fsp3) is 0.381. The second kappa shape index (κ2) is 12.9. The molecule has 188 valence electrons. The van der Waals surface area contributed by atoms with Crippen molar-refractivity contribution in [1.29, 1.82) is 5.41 Å². The number of halogens is 2. The fourth-order valence-corrected chi connectivity index (χ4v) is 3.19. The van der Waals surface area contributed by atoms with Crippen LogP contribution in [0.2, 0.25) is 0 Å². The average Bonchev–Trinajstić information content (AvgIpc) is 2.73. The predicted octanol–water partition coefficient (Wildman–Crippen LogP) is 0.271. The zero-order valence-corrected chi connectivity index (χ0v) is 19.0. The van der Waals surface area contributed by atoms with Gasteiger partial charge in [-0.1, -0.05) is 18.2 Å². The third kappa shape index (κ3) is 8.28. The summed E-state index contributed by atoms with van der Waals surface area (Å²) in [5, 5.41) is 34.9. The van der Waals surface area contributed by atoms with Crippen LogP contribution in [-0.2, 0) is 20.9 Å². The summed E-state index contributed by atoms with van der Waals surface area (Å²) in [6.07, 6.45) is -0.528. The number of methoxy groups -OCH3 is 1. The summed E-state index contributed by atoms with van der Waals surface area (Å²) < 4.78 is 38.7. The molecule has 1 amide bonds. The number of hydrogen-bond donors (Lipinski definition) is 6. The first-order valence-corrected chi connectivity index (χ1v) is 9.81. The first kappa shape index (κ1) is 28.8. The van der Waals surface area contributed by atoms with E-state index in [0.717, 1.165) is 6.34 Å². The number of nitrogens with two attached hydrogens (primary N) is 1. The highest BCUT2D eigenvalue weighted by Gasteiger charge is 2.46. The van der Waals surface area contributed by atoms with E-state index < -0.39 is 23.4 Å². The second-order valence-electron chi connectivity index (χ2n) is 7.30. The number of carbonyl (C=O) groups is 1. The number of benzene rings is 1. The van der Waals surface area contributed by atoms with Crippen LogP contribution in [0.4, 0.5) is 14.6 Å². The molecule has 1 aliphatic rings. The van der Waals surface area contributed by atoms with E-state index >= 15 is 0 Å². The molecule has 0 atom stereocenters. The van der Waals surface area contributed by atoms with Gasteiger partial charge in [0.05, 0.1) is 26.0 Å². The van der Waals surface area contributed by atoms with Crippen molar-refractivity contribution in [3.05, 3.63) is 47.7 Å². The minimum atomic E-state index is -3.26. The molecule has 1 aromatic heterocycles. The number of pyridine rings is 1. The van der Waals surface area contributed by atoms with Gasteiger partial charge in [0, 0.05) is 37.0 Å². The Labute approximate surface area is 195 Å². The van der Waals surface area contributed by atoms with E-state index in [1.54, 1.807) is 19.2 Å². The molecule has 7 N–H and O–H groups in total. The molecule has 2 aromatic rings. The lowest BCUT2D eigenvalue weighted by Crippen LogP contribution is -2.65. The maximum Gasteiger partial charge on any atom is 0.405 e. The molecular weight excluding hydrogens is 456 g/mol. The lowest BCUT2D eigenvalue weighted by atomic mass is 9.96. The Kier molecular flexibility index (Phi) is 10.9. The van der Waals surface area contributed by atoms with Gasteiger partial charge in [0.2, 0.25) is 6.41 Å². The maximum absolute atomic E-state index is 14.5. The fourth-order valence-electron chi connectivity index (χ4n) is 3.19. The minimum absolute atomic E-state index is 0.0210. The Morgan fingerprint density at radius 1 is 1.35 bits per heavy atom. The summed E-state index contributed by atoms with van der Waals surface area (Å²) in [6.45, 7) is 1.79. The average molecular weight is 485 g/mol. The van der Waals surface area contributed by atoms with Crippen molar-refractivity contribution in [2.75, 3.05) is 32.1 Å². The Morgan fingerprint density at radius 2 is 1.94 bits per heavy atom. The van der Waals surface area contributed by atoms with E-state index in [1.807, 2.05) is 0 Å². The number of anilines is 1. The van der Waals surface area contributed by atoms with E-state index in [1.165, 1.54) is 37.3 Å². The molecule has 2 heterocycles. The second-order valence-corrected chi connectivity index (χ2v) is 7.30. The van der Waals surface area contributed by atoms with Crippen LogP contribution in [0.5, 0.6) is 0 Å². The van der Waals surface area contributed by atoms with Crippen molar-refractivity contribution in [1.82, 2.24) is 10.3 Å². The minimum Gasteiger partial charge on any atom is -0.390 e. The van der Waals surface area contributed by atoms with Crippen LogP contribution in [0.25, 0.3) is 11.1 Å². The molecule has 0 radical (unpaired) electrons. The smallest absolute Gasteiger partial charge is 0.390 e. The van der Waals surface area contributed by atoms with Gasteiger partial charge in [0.15, 0.2) is 11.6 Å². The van der Waals surface area contributed by atoms with Gasteiger partial charge < -0.3 is 36.0 Å². The Morgan fingerprint density at radius 3 is 2.41 bits per heavy atom. The topological polar surface area (TPSA) is 174 Å². The van der Waals surface area contributed by atoms with E-state index in [9.17, 15) is 8.78 Å². The summed E-state index contributed by atoms with van der Waals surface area (Å²) >= 11 is 0. The Hall–Kier alpha value is -3.23. The van der Waals surface area contributed by atoms with Crippen LogP contribution in [-0.4, -0.2) is 72.1 Å². The molecule has 1 aliphatic heterocycles.